The van der Waals surface area contributed by atoms with Gasteiger partial charge in [0, 0.05) is 32.4 Å². The third-order valence-corrected chi connectivity index (χ3v) is 4.89. The number of benzene rings is 2. The molecule has 0 bridgehead atoms. The number of amides is 2. The van der Waals surface area contributed by atoms with E-state index in [-0.39, 0.29) is 18.4 Å². The maximum atomic E-state index is 12.6. The lowest BCUT2D eigenvalue weighted by Gasteiger charge is -2.14. The summed E-state index contributed by atoms with van der Waals surface area (Å²) in [5.74, 6) is 1.45. The fraction of sp³-hybridized carbons (Fsp3) is 0.240. The van der Waals surface area contributed by atoms with Crippen molar-refractivity contribution in [3.05, 3.63) is 71.9 Å². The first-order valence-corrected chi connectivity index (χ1v) is 10.6. The predicted octanol–water partition coefficient (Wildman–Crippen LogP) is 3.11. The topological polar surface area (TPSA) is 102 Å². The van der Waals surface area contributed by atoms with Gasteiger partial charge in [-0.25, -0.2) is 4.98 Å². The van der Waals surface area contributed by atoms with Crippen molar-refractivity contribution >= 4 is 23.3 Å². The number of methoxy groups -OCH3 is 2. The zero-order chi connectivity index (χ0) is 24.5. The molecule has 0 saturated heterocycles. The molecule has 0 atom stereocenters. The number of anilines is 2. The Bertz CT molecular complexity index is 1130. The number of nitrogens with one attached hydrogen (secondary N) is 2. The Morgan fingerprint density at radius 1 is 0.941 bits per heavy atom. The van der Waals surface area contributed by atoms with Crippen LogP contribution >= 0.6 is 0 Å². The molecule has 34 heavy (non-hydrogen) atoms. The molecule has 0 aliphatic heterocycles. The van der Waals surface area contributed by atoms with Crippen molar-refractivity contribution in [2.24, 2.45) is 0 Å². The van der Waals surface area contributed by atoms with Gasteiger partial charge in [-0.2, -0.15) is 0 Å². The zero-order valence-electron chi connectivity index (χ0n) is 19.6. The van der Waals surface area contributed by atoms with Crippen LogP contribution in [0.2, 0.25) is 0 Å². The molecule has 178 valence electrons. The van der Waals surface area contributed by atoms with E-state index in [1.54, 1.807) is 42.6 Å². The van der Waals surface area contributed by atoms with Crippen molar-refractivity contribution in [3.8, 4) is 17.2 Å². The molecule has 9 heteroatoms. The lowest BCUT2D eigenvalue weighted by atomic mass is 10.2. The van der Waals surface area contributed by atoms with Crippen molar-refractivity contribution in [1.29, 1.82) is 0 Å². The highest BCUT2D eigenvalue weighted by atomic mass is 16.5. The number of rotatable bonds is 10. The first-order chi connectivity index (χ1) is 16.4. The summed E-state index contributed by atoms with van der Waals surface area (Å²) in [5.41, 5.74) is 1.83. The minimum Gasteiger partial charge on any atom is -0.495 e. The molecule has 0 unspecified atom stereocenters. The van der Waals surface area contributed by atoms with E-state index in [1.165, 1.54) is 14.2 Å². The van der Waals surface area contributed by atoms with Crippen LogP contribution in [0.5, 0.6) is 17.2 Å². The molecule has 9 nitrogen and oxygen atoms in total. The molecule has 0 saturated carbocycles. The van der Waals surface area contributed by atoms with Gasteiger partial charge >= 0.3 is 0 Å². The van der Waals surface area contributed by atoms with Crippen molar-refractivity contribution in [2.75, 3.05) is 45.1 Å². The summed E-state index contributed by atoms with van der Waals surface area (Å²) in [6.07, 6.45) is 1.73. The van der Waals surface area contributed by atoms with Gasteiger partial charge in [-0.1, -0.05) is 18.2 Å². The van der Waals surface area contributed by atoms with Crippen molar-refractivity contribution in [2.45, 2.75) is 6.54 Å². The molecule has 2 aromatic carbocycles. The summed E-state index contributed by atoms with van der Waals surface area (Å²) in [6.45, 7) is 0.0964. The standard InChI is InChI=1S/C25H28N4O5/c1-29(2)23-12-9-17(14-26-23)15-27-25(31)18-10-11-21(22(13-18)33-4)34-16-24(30)28-19-7-5-6-8-20(19)32-3/h5-14H,15-16H2,1-4H3,(H,27,31)(H,28,30). The van der Waals surface area contributed by atoms with Crippen LogP contribution in [0.3, 0.4) is 0 Å². The quantitative estimate of drug-likeness (QED) is 0.475. The number of nitrogens with zero attached hydrogens (tertiary/aromatic N) is 2. The SMILES string of the molecule is COc1ccccc1NC(=O)COc1ccc(C(=O)NCc2ccc(N(C)C)nc2)cc1OC. The van der Waals surface area contributed by atoms with Gasteiger partial charge in [0.25, 0.3) is 11.8 Å². The number of hydrogen-bond acceptors (Lipinski definition) is 7. The lowest BCUT2D eigenvalue weighted by Crippen LogP contribution is -2.23. The van der Waals surface area contributed by atoms with Crippen LogP contribution in [0.1, 0.15) is 15.9 Å². The second-order valence-corrected chi connectivity index (χ2v) is 7.50. The second kappa shape index (κ2) is 11.6. The monoisotopic (exact) mass is 464 g/mol. The van der Waals surface area contributed by atoms with E-state index >= 15 is 0 Å². The Balaban J connectivity index is 1.57. The van der Waals surface area contributed by atoms with E-state index in [1.807, 2.05) is 37.2 Å². The molecule has 2 N–H and O–H groups in total. The number of carbonyl (C=O) groups is 2. The van der Waals surface area contributed by atoms with Crippen molar-refractivity contribution in [1.82, 2.24) is 10.3 Å². The molecular weight excluding hydrogens is 436 g/mol. The molecule has 0 aliphatic rings. The van der Waals surface area contributed by atoms with E-state index < -0.39 is 0 Å². The Kier molecular flexibility index (Phi) is 8.28. The van der Waals surface area contributed by atoms with Crippen LogP contribution in [0, 0.1) is 0 Å². The average Bonchev–Trinajstić information content (AvgIpc) is 2.86. The van der Waals surface area contributed by atoms with E-state index in [2.05, 4.69) is 15.6 Å². The minimum atomic E-state index is -0.359. The van der Waals surface area contributed by atoms with Gasteiger partial charge in [0.1, 0.15) is 11.6 Å². The maximum absolute atomic E-state index is 12.6. The summed E-state index contributed by atoms with van der Waals surface area (Å²) in [7, 11) is 6.83. The molecule has 3 aromatic rings. The van der Waals surface area contributed by atoms with Gasteiger partial charge in [-0.05, 0) is 42.0 Å². The molecule has 2 amide bonds. The van der Waals surface area contributed by atoms with Gasteiger partial charge in [0.2, 0.25) is 0 Å². The Hall–Kier alpha value is -4.27. The van der Waals surface area contributed by atoms with Crippen LogP contribution in [0.15, 0.2) is 60.8 Å². The fourth-order valence-corrected chi connectivity index (χ4v) is 3.08. The average molecular weight is 465 g/mol. The molecule has 1 heterocycles. The second-order valence-electron chi connectivity index (χ2n) is 7.50. The van der Waals surface area contributed by atoms with Crippen LogP contribution in [0.25, 0.3) is 0 Å². The Morgan fingerprint density at radius 3 is 2.38 bits per heavy atom. The summed E-state index contributed by atoms with van der Waals surface area (Å²) in [4.78, 5) is 31.1. The maximum Gasteiger partial charge on any atom is 0.262 e. The van der Waals surface area contributed by atoms with Crippen molar-refractivity contribution in [3.63, 3.8) is 0 Å². The van der Waals surface area contributed by atoms with E-state index in [0.717, 1.165) is 11.4 Å². The highest BCUT2D eigenvalue weighted by Gasteiger charge is 2.14. The number of ether oxygens (including phenoxy) is 3. The normalized spacial score (nSPS) is 10.2. The van der Waals surface area contributed by atoms with Gasteiger partial charge in [0.15, 0.2) is 18.1 Å². The zero-order valence-corrected chi connectivity index (χ0v) is 19.6. The van der Waals surface area contributed by atoms with Crippen LogP contribution in [-0.2, 0) is 11.3 Å². The largest absolute Gasteiger partial charge is 0.495 e. The summed E-state index contributed by atoms with van der Waals surface area (Å²) in [6, 6.07) is 15.7. The number of para-hydroxylation sites is 2. The number of carbonyl (C=O) groups excluding carboxylic acids is 2. The molecule has 0 radical (unpaired) electrons. The van der Waals surface area contributed by atoms with E-state index in [9.17, 15) is 9.59 Å². The van der Waals surface area contributed by atoms with Crippen molar-refractivity contribution < 1.29 is 23.8 Å². The molecule has 3 rings (SSSR count). The first kappa shape index (κ1) is 24.4. The molecule has 0 fully saturated rings. The lowest BCUT2D eigenvalue weighted by molar-refractivity contribution is -0.118. The van der Waals surface area contributed by atoms with Gasteiger partial charge < -0.3 is 29.7 Å². The molecule has 0 aliphatic carbocycles. The smallest absolute Gasteiger partial charge is 0.262 e. The van der Waals surface area contributed by atoms with Crippen LogP contribution < -0.4 is 29.7 Å². The van der Waals surface area contributed by atoms with Gasteiger partial charge in [0.05, 0.1) is 19.9 Å². The van der Waals surface area contributed by atoms with E-state index in [4.69, 9.17) is 14.2 Å². The van der Waals surface area contributed by atoms with Crippen LogP contribution in [-0.4, -0.2) is 51.7 Å². The van der Waals surface area contributed by atoms with Crippen LogP contribution in [0.4, 0.5) is 11.5 Å². The highest BCUT2D eigenvalue weighted by molar-refractivity contribution is 5.95. The first-order valence-electron chi connectivity index (χ1n) is 10.6. The Morgan fingerprint density at radius 2 is 1.71 bits per heavy atom. The van der Waals surface area contributed by atoms with Gasteiger partial charge in [-0.3, -0.25) is 9.59 Å². The van der Waals surface area contributed by atoms with E-state index in [0.29, 0.717) is 35.0 Å². The highest BCUT2D eigenvalue weighted by Crippen LogP contribution is 2.28. The number of pyridine rings is 1. The molecular formula is C25H28N4O5. The number of aromatic nitrogens is 1. The summed E-state index contributed by atoms with van der Waals surface area (Å²) in [5, 5.41) is 5.60. The Labute approximate surface area is 198 Å². The third-order valence-electron chi connectivity index (χ3n) is 4.89. The predicted molar refractivity (Wildman–Crippen MR) is 130 cm³/mol. The number of hydrogen-bond donors (Lipinski definition) is 2. The summed E-state index contributed by atoms with van der Waals surface area (Å²) >= 11 is 0. The fourth-order valence-electron chi connectivity index (χ4n) is 3.08. The molecule has 1 aromatic heterocycles. The van der Waals surface area contributed by atoms with Gasteiger partial charge in [-0.15, -0.1) is 0 Å². The summed E-state index contributed by atoms with van der Waals surface area (Å²) < 4.78 is 16.2. The third kappa shape index (κ3) is 6.38. The minimum absolute atomic E-state index is 0.240. The molecule has 0 spiro atoms.